The molecule has 3 rings (SSSR count). The van der Waals surface area contributed by atoms with Crippen molar-refractivity contribution in [1.82, 2.24) is 0 Å². The van der Waals surface area contributed by atoms with E-state index in [0.717, 1.165) is 22.6 Å². The number of nitrogens with one attached hydrogen (secondary N) is 1. The summed E-state index contributed by atoms with van der Waals surface area (Å²) in [5.41, 5.74) is 9.77. The minimum absolute atomic E-state index is 0.389. The van der Waals surface area contributed by atoms with E-state index in [1.807, 2.05) is 60.7 Å². The molecule has 0 saturated carbocycles. The fourth-order valence-electron chi connectivity index (χ4n) is 2.61. The van der Waals surface area contributed by atoms with Crippen LogP contribution in [0.4, 0.5) is 17.1 Å². The predicted octanol–water partition coefficient (Wildman–Crippen LogP) is 5.00. The predicted molar refractivity (Wildman–Crippen MR) is 101 cm³/mol. The first-order chi connectivity index (χ1) is 11.8. The lowest BCUT2D eigenvalue weighted by molar-refractivity contribution is 1.28. The number of nitrogens with two attached hydrogens (primary N) is 1. The summed E-state index contributed by atoms with van der Waals surface area (Å²) in [4.78, 5) is 2.17. The average Bonchev–Trinajstić information content (AvgIpc) is 2.64. The number of para-hydroxylation sites is 2. The maximum absolute atomic E-state index is 8.09. The lowest BCUT2D eigenvalue weighted by Gasteiger charge is -2.25. The standard InChI is InChI=1S/C21H19N3/c22-15-14-21(23)17-8-7-13-20(16-17)24(18-9-3-1-4-10-18)19-11-5-2-6-12-19/h1-16,23H,22H2/b15-14-,23-21?. The van der Waals surface area contributed by atoms with E-state index in [0.29, 0.717) is 5.71 Å². The number of anilines is 3. The monoisotopic (exact) mass is 313 g/mol. The van der Waals surface area contributed by atoms with Crippen LogP contribution >= 0.6 is 0 Å². The molecule has 3 aromatic rings. The van der Waals surface area contributed by atoms with E-state index >= 15 is 0 Å². The molecule has 0 aliphatic rings. The summed E-state index contributed by atoms with van der Waals surface area (Å²) in [5, 5.41) is 8.09. The lowest BCUT2D eigenvalue weighted by atomic mass is 10.1. The molecule has 3 nitrogen and oxygen atoms in total. The van der Waals surface area contributed by atoms with Gasteiger partial charge < -0.3 is 16.0 Å². The second-order valence-corrected chi connectivity index (χ2v) is 5.33. The van der Waals surface area contributed by atoms with Gasteiger partial charge in [-0.25, -0.2) is 0 Å². The van der Waals surface area contributed by atoms with E-state index in [2.05, 4.69) is 29.2 Å². The highest BCUT2D eigenvalue weighted by Gasteiger charge is 2.12. The Morgan fingerprint density at radius 3 is 1.83 bits per heavy atom. The minimum atomic E-state index is 0.389. The Bertz CT molecular complexity index is 800. The fraction of sp³-hybridized carbons (Fsp3) is 0. The van der Waals surface area contributed by atoms with Crippen LogP contribution < -0.4 is 10.6 Å². The second kappa shape index (κ2) is 7.29. The molecule has 0 aliphatic heterocycles. The van der Waals surface area contributed by atoms with Crippen molar-refractivity contribution in [2.75, 3.05) is 4.90 Å². The van der Waals surface area contributed by atoms with Gasteiger partial charge in [-0.1, -0.05) is 48.5 Å². The largest absolute Gasteiger partial charge is 0.405 e. The van der Waals surface area contributed by atoms with Crippen molar-refractivity contribution in [3.8, 4) is 0 Å². The first-order valence-corrected chi connectivity index (χ1v) is 7.77. The third-order valence-corrected chi connectivity index (χ3v) is 3.71. The van der Waals surface area contributed by atoms with E-state index in [-0.39, 0.29) is 0 Å². The van der Waals surface area contributed by atoms with Gasteiger partial charge in [0, 0.05) is 22.6 Å². The zero-order valence-electron chi connectivity index (χ0n) is 13.3. The number of rotatable bonds is 5. The maximum Gasteiger partial charge on any atom is 0.0627 e. The normalized spacial score (nSPS) is 10.7. The van der Waals surface area contributed by atoms with Crippen LogP contribution in [-0.2, 0) is 0 Å². The van der Waals surface area contributed by atoms with Crippen LogP contribution in [0.1, 0.15) is 5.56 Å². The third-order valence-electron chi connectivity index (χ3n) is 3.71. The van der Waals surface area contributed by atoms with E-state index < -0.39 is 0 Å². The van der Waals surface area contributed by atoms with Gasteiger partial charge in [0.25, 0.3) is 0 Å². The Morgan fingerprint density at radius 2 is 1.29 bits per heavy atom. The van der Waals surface area contributed by atoms with Crippen LogP contribution in [0.25, 0.3) is 0 Å². The van der Waals surface area contributed by atoms with Crippen molar-refractivity contribution in [3.05, 3.63) is 103 Å². The Morgan fingerprint density at radius 1 is 0.750 bits per heavy atom. The van der Waals surface area contributed by atoms with Crippen LogP contribution in [0.15, 0.2) is 97.2 Å². The van der Waals surface area contributed by atoms with Gasteiger partial charge in [0.15, 0.2) is 0 Å². The van der Waals surface area contributed by atoms with Gasteiger partial charge in [-0.15, -0.1) is 0 Å². The summed E-state index contributed by atoms with van der Waals surface area (Å²) >= 11 is 0. The topological polar surface area (TPSA) is 53.1 Å². The molecule has 3 N–H and O–H groups in total. The van der Waals surface area contributed by atoms with Gasteiger partial charge in [-0.05, 0) is 48.7 Å². The number of allylic oxidation sites excluding steroid dienone is 1. The molecule has 3 heteroatoms. The second-order valence-electron chi connectivity index (χ2n) is 5.33. The Labute approximate surface area is 142 Å². The van der Waals surface area contributed by atoms with Gasteiger partial charge in [-0.2, -0.15) is 0 Å². The Hall–Kier alpha value is -3.33. The summed E-state index contributed by atoms with van der Waals surface area (Å²) in [7, 11) is 0. The Kier molecular flexibility index (Phi) is 4.73. The highest BCUT2D eigenvalue weighted by atomic mass is 15.1. The molecule has 0 unspecified atom stereocenters. The van der Waals surface area contributed by atoms with E-state index in [1.54, 1.807) is 6.08 Å². The first kappa shape index (κ1) is 15.6. The third kappa shape index (κ3) is 3.36. The van der Waals surface area contributed by atoms with Crippen molar-refractivity contribution in [3.63, 3.8) is 0 Å². The van der Waals surface area contributed by atoms with Gasteiger partial charge in [0.1, 0.15) is 0 Å². The molecular formula is C21H19N3. The molecule has 0 aromatic heterocycles. The zero-order valence-corrected chi connectivity index (χ0v) is 13.3. The smallest absolute Gasteiger partial charge is 0.0627 e. The maximum atomic E-state index is 8.09. The van der Waals surface area contributed by atoms with Crippen molar-refractivity contribution in [1.29, 1.82) is 5.41 Å². The van der Waals surface area contributed by atoms with Crippen molar-refractivity contribution in [2.24, 2.45) is 5.73 Å². The van der Waals surface area contributed by atoms with Crippen LogP contribution in [0.3, 0.4) is 0 Å². The van der Waals surface area contributed by atoms with Crippen LogP contribution in [0, 0.1) is 5.41 Å². The lowest BCUT2D eigenvalue weighted by Crippen LogP contribution is -2.10. The molecule has 0 spiro atoms. The van der Waals surface area contributed by atoms with E-state index in [4.69, 9.17) is 11.1 Å². The van der Waals surface area contributed by atoms with Crippen molar-refractivity contribution >= 4 is 22.8 Å². The Balaban J connectivity index is 2.10. The minimum Gasteiger partial charge on any atom is -0.405 e. The summed E-state index contributed by atoms with van der Waals surface area (Å²) in [6.07, 6.45) is 2.98. The number of hydrogen-bond donors (Lipinski definition) is 2. The van der Waals surface area contributed by atoms with Crippen LogP contribution in [-0.4, -0.2) is 5.71 Å². The fourth-order valence-corrected chi connectivity index (χ4v) is 2.61. The number of benzene rings is 3. The number of hydrogen-bond acceptors (Lipinski definition) is 3. The molecule has 0 amide bonds. The van der Waals surface area contributed by atoms with E-state index in [1.165, 1.54) is 6.20 Å². The molecule has 0 bridgehead atoms. The van der Waals surface area contributed by atoms with Crippen LogP contribution in [0.5, 0.6) is 0 Å². The van der Waals surface area contributed by atoms with E-state index in [9.17, 15) is 0 Å². The highest BCUT2D eigenvalue weighted by molar-refractivity contribution is 6.07. The first-order valence-electron chi connectivity index (χ1n) is 7.77. The molecule has 0 atom stereocenters. The van der Waals surface area contributed by atoms with Crippen LogP contribution in [0.2, 0.25) is 0 Å². The molecule has 0 fully saturated rings. The van der Waals surface area contributed by atoms with Crippen molar-refractivity contribution < 1.29 is 0 Å². The molecular weight excluding hydrogens is 294 g/mol. The quantitative estimate of drug-likeness (QED) is 0.651. The highest BCUT2D eigenvalue weighted by Crippen LogP contribution is 2.34. The summed E-state index contributed by atoms with van der Waals surface area (Å²) in [6.45, 7) is 0. The molecule has 0 radical (unpaired) electrons. The van der Waals surface area contributed by atoms with Gasteiger partial charge >= 0.3 is 0 Å². The van der Waals surface area contributed by atoms with Gasteiger partial charge in [0.2, 0.25) is 0 Å². The summed E-state index contributed by atoms with van der Waals surface area (Å²) in [6, 6.07) is 28.3. The summed E-state index contributed by atoms with van der Waals surface area (Å²) in [5.74, 6) is 0. The molecule has 118 valence electrons. The molecule has 0 aliphatic carbocycles. The van der Waals surface area contributed by atoms with Gasteiger partial charge in [-0.3, -0.25) is 0 Å². The van der Waals surface area contributed by atoms with Gasteiger partial charge in [0.05, 0.1) is 5.71 Å². The average molecular weight is 313 g/mol. The molecule has 0 saturated heterocycles. The SMILES string of the molecule is N=C(/C=C\N)c1cccc(N(c2ccccc2)c2ccccc2)c1. The summed E-state index contributed by atoms with van der Waals surface area (Å²) < 4.78 is 0. The van der Waals surface area contributed by atoms with Crippen molar-refractivity contribution in [2.45, 2.75) is 0 Å². The molecule has 3 aromatic carbocycles. The molecule has 0 heterocycles. The number of nitrogens with zero attached hydrogens (tertiary/aromatic N) is 1. The molecule has 24 heavy (non-hydrogen) atoms. The zero-order chi connectivity index (χ0) is 16.8.